The lowest BCUT2D eigenvalue weighted by atomic mass is 10.2. The minimum absolute atomic E-state index is 0.254. The number of hydrogen-bond acceptors (Lipinski definition) is 5. The van der Waals surface area contributed by atoms with Crippen molar-refractivity contribution in [2.75, 3.05) is 11.9 Å². The van der Waals surface area contributed by atoms with Crippen molar-refractivity contribution in [3.05, 3.63) is 45.8 Å². The van der Waals surface area contributed by atoms with Gasteiger partial charge in [-0.25, -0.2) is 9.78 Å². The summed E-state index contributed by atoms with van der Waals surface area (Å²) in [5.74, 6) is -0.656. The summed E-state index contributed by atoms with van der Waals surface area (Å²) in [6.45, 7) is 1.94. The minimum Gasteiger partial charge on any atom is -0.463 e. The zero-order valence-electron chi connectivity index (χ0n) is 12.0. The molecule has 0 aliphatic heterocycles. The van der Waals surface area contributed by atoms with Gasteiger partial charge in [0.2, 0.25) is 5.91 Å². The second kappa shape index (κ2) is 8.10. The molecule has 0 spiro atoms. The molecule has 0 saturated heterocycles. The maximum absolute atomic E-state index is 11.7. The summed E-state index contributed by atoms with van der Waals surface area (Å²) < 4.78 is 4.68. The molecule has 0 radical (unpaired) electrons. The Hall–Kier alpha value is -1.89. The summed E-state index contributed by atoms with van der Waals surface area (Å²) in [5, 5.41) is 5.83. The number of esters is 1. The molecule has 0 fully saturated rings. The average molecular weight is 371 g/mol. The van der Waals surface area contributed by atoms with Gasteiger partial charge in [0.25, 0.3) is 0 Å². The molecule has 1 N–H and O–H groups in total. The standard InChI is InChI=1S/C15H12Cl2N2O3S/c1-2-22-14(21)6-5-13(20)18-12-8-23-15(19-12)9-3-4-10(16)11(17)7-9/h3-8H,2H2,1H3,(H,18,20)/b6-5+. The fourth-order valence-electron chi connectivity index (χ4n) is 1.59. The Labute approximate surface area is 146 Å². The molecule has 2 rings (SSSR count). The van der Waals surface area contributed by atoms with Gasteiger partial charge in [0.15, 0.2) is 0 Å². The molecular formula is C15H12Cl2N2O3S. The zero-order chi connectivity index (χ0) is 16.8. The normalized spacial score (nSPS) is 10.7. The molecule has 1 amide bonds. The molecule has 0 aliphatic rings. The Morgan fingerprint density at radius 2 is 2.09 bits per heavy atom. The van der Waals surface area contributed by atoms with Crippen molar-refractivity contribution in [3.8, 4) is 10.6 Å². The first kappa shape index (κ1) is 17.5. The van der Waals surface area contributed by atoms with E-state index in [9.17, 15) is 9.59 Å². The van der Waals surface area contributed by atoms with Crippen molar-refractivity contribution in [3.63, 3.8) is 0 Å². The van der Waals surface area contributed by atoms with E-state index in [1.165, 1.54) is 11.3 Å². The number of rotatable bonds is 5. The van der Waals surface area contributed by atoms with E-state index in [-0.39, 0.29) is 6.61 Å². The smallest absolute Gasteiger partial charge is 0.330 e. The van der Waals surface area contributed by atoms with Crippen LogP contribution in [0.25, 0.3) is 10.6 Å². The number of aromatic nitrogens is 1. The van der Waals surface area contributed by atoms with Crippen LogP contribution < -0.4 is 5.32 Å². The van der Waals surface area contributed by atoms with Gasteiger partial charge in [-0.3, -0.25) is 4.79 Å². The van der Waals surface area contributed by atoms with Crippen LogP contribution in [0.5, 0.6) is 0 Å². The van der Waals surface area contributed by atoms with Crippen LogP contribution >= 0.6 is 34.5 Å². The number of carbonyl (C=O) groups excluding carboxylic acids is 2. The van der Waals surface area contributed by atoms with Crippen molar-refractivity contribution in [2.24, 2.45) is 0 Å². The third kappa shape index (κ3) is 5.06. The summed E-state index contributed by atoms with van der Waals surface area (Å²) in [6, 6.07) is 5.18. The lowest BCUT2D eigenvalue weighted by Crippen LogP contribution is -2.09. The molecule has 8 heteroatoms. The maximum Gasteiger partial charge on any atom is 0.330 e. The molecule has 5 nitrogen and oxygen atoms in total. The van der Waals surface area contributed by atoms with E-state index in [2.05, 4.69) is 15.0 Å². The average Bonchev–Trinajstić information content (AvgIpc) is 2.97. The monoisotopic (exact) mass is 370 g/mol. The van der Waals surface area contributed by atoms with Gasteiger partial charge in [-0.1, -0.05) is 29.3 Å². The van der Waals surface area contributed by atoms with E-state index in [0.717, 1.165) is 17.7 Å². The Morgan fingerprint density at radius 3 is 2.78 bits per heavy atom. The zero-order valence-corrected chi connectivity index (χ0v) is 14.3. The molecule has 120 valence electrons. The third-order valence-electron chi connectivity index (χ3n) is 2.58. The number of nitrogens with one attached hydrogen (secondary N) is 1. The van der Waals surface area contributed by atoms with Crippen LogP contribution in [0.15, 0.2) is 35.7 Å². The molecule has 0 saturated carbocycles. The Bertz CT molecular complexity index is 759. The molecular weight excluding hydrogens is 359 g/mol. The summed E-state index contributed by atoms with van der Waals surface area (Å²) in [7, 11) is 0. The molecule has 23 heavy (non-hydrogen) atoms. The van der Waals surface area contributed by atoms with Crippen molar-refractivity contribution < 1.29 is 14.3 Å². The number of ether oxygens (including phenoxy) is 1. The minimum atomic E-state index is -0.572. The van der Waals surface area contributed by atoms with Crippen LogP contribution in [0.3, 0.4) is 0 Å². The Balaban J connectivity index is 2.03. The Morgan fingerprint density at radius 1 is 1.30 bits per heavy atom. The lowest BCUT2D eigenvalue weighted by molar-refractivity contribution is -0.137. The number of hydrogen-bond donors (Lipinski definition) is 1. The predicted molar refractivity (Wildman–Crippen MR) is 92.0 cm³/mol. The SMILES string of the molecule is CCOC(=O)/C=C/C(=O)Nc1csc(-c2ccc(Cl)c(Cl)c2)n1. The fraction of sp³-hybridized carbons (Fsp3) is 0.133. The van der Waals surface area contributed by atoms with E-state index >= 15 is 0 Å². The van der Waals surface area contributed by atoms with Crippen LogP contribution in [0, 0.1) is 0 Å². The number of benzene rings is 1. The second-order valence-corrected chi connectivity index (χ2v) is 5.91. The van der Waals surface area contributed by atoms with Gasteiger partial charge in [0.05, 0.1) is 16.7 Å². The molecule has 0 bridgehead atoms. The number of carbonyl (C=O) groups is 2. The highest BCUT2D eigenvalue weighted by Gasteiger charge is 2.08. The van der Waals surface area contributed by atoms with Crippen LogP contribution in [0.4, 0.5) is 5.82 Å². The number of amides is 1. The second-order valence-electron chi connectivity index (χ2n) is 4.24. The van der Waals surface area contributed by atoms with E-state index in [1.54, 1.807) is 30.5 Å². The van der Waals surface area contributed by atoms with Crippen LogP contribution in [-0.2, 0) is 14.3 Å². The van der Waals surface area contributed by atoms with Gasteiger partial charge in [0.1, 0.15) is 10.8 Å². The van der Waals surface area contributed by atoms with Crippen molar-refractivity contribution >= 4 is 52.2 Å². The first-order valence-electron chi connectivity index (χ1n) is 6.56. The van der Waals surface area contributed by atoms with Gasteiger partial charge in [-0.2, -0.15) is 0 Å². The highest BCUT2D eigenvalue weighted by atomic mass is 35.5. The van der Waals surface area contributed by atoms with Crippen LogP contribution in [0.1, 0.15) is 6.92 Å². The topological polar surface area (TPSA) is 68.3 Å². The van der Waals surface area contributed by atoms with Crippen molar-refractivity contribution in [1.29, 1.82) is 0 Å². The highest BCUT2D eigenvalue weighted by Crippen LogP contribution is 2.31. The number of nitrogens with zero attached hydrogens (tertiary/aromatic N) is 1. The summed E-state index contributed by atoms with van der Waals surface area (Å²) in [5.41, 5.74) is 0.798. The van der Waals surface area contributed by atoms with Crippen LogP contribution in [-0.4, -0.2) is 23.5 Å². The lowest BCUT2D eigenvalue weighted by Gasteiger charge is -1.99. The Kier molecular flexibility index (Phi) is 6.15. The first-order chi connectivity index (χ1) is 11.0. The third-order valence-corrected chi connectivity index (χ3v) is 4.21. The van der Waals surface area contributed by atoms with Gasteiger partial charge in [-0.15, -0.1) is 11.3 Å². The summed E-state index contributed by atoms with van der Waals surface area (Å²) in [4.78, 5) is 27.1. The van der Waals surface area contributed by atoms with Crippen molar-refractivity contribution in [2.45, 2.75) is 6.92 Å². The molecule has 2 aromatic rings. The van der Waals surface area contributed by atoms with E-state index in [1.807, 2.05) is 0 Å². The molecule has 1 aromatic heterocycles. The van der Waals surface area contributed by atoms with Gasteiger partial charge >= 0.3 is 5.97 Å². The van der Waals surface area contributed by atoms with Gasteiger partial charge < -0.3 is 10.1 Å². The van der Waals surface area contributed by atoms with E-state index < -0.39 is 11.9 Å². The molecule has 0 atom stereocenters. The molecule has 0 unspecified atom stereocenters. The van der Waals surface area contributed by atoms with Gasteiger partial charge in [0, 0.05) is 23.1 Å². The number of anilines is 1. The number of thiazole rings is 1. The highest BCUT2D eigenvalue weighted by molar-refractivity contribution is 7.13. The van der Waals surface area contributed by atoms with E-state index in [4.69, 9.17) is 23.2 Å². The van der Waals surface area contributed by atoms with Crippen LogP contribution in [0.2, 0.25) is 10.0 Å². The summed E-state index contributed by atoms with van der Waals surface area (Å²) >= 11 is 13.2. The quantitative estimate of drug-likeness (QED) is 0.633. The van der Waals surface area contributed by atoms with E-state index in [0.29, 0.717) is 20.9 Å². The van der Waals surface area contributed by atoms with Gasteiger partial charge in [-0.05, 0) is 19.1 Å². The number of halogens is 2. The summed E-state index contributed by atoms with van der Waals surface area (Å²) in [6.07, 6.45) is 2.15. The largest absolute Gasteiger partial charge is 0.463 e. The molecule has 1 aromatic carbocycles. The predicted octanol–water partition coefficient (Wildman–Crippen LogP) is 4.17. The molecule has 1 heterocycles. The molecule has 0 aliphatic carbocycles. The maximum atomic E-state index is 11.7. The first-order valence-corrected chi connectivity index (χ1v) is 8.20. The van der Waals surface area contributed by atoms with Crippen molar-refractivity contribution in [1.82, 2.24) is 4.98 Å². The fourth-order valence-corrected chi connectivity index (χ4v) is 2.64.